The van der Waals surface area contributed by atoms with Crippen LogP contribution < -0.4 is 11.0 Å². The molecule has 150 valence electrons. The molecule has 8 heteroatoms. The van der Waals surface area contributed by atoms with Crippen molar-refractivity contribution in [2.75, 3.05) is 0 Å². The first kappa shape index (κ1) is 19.6. The molecule has 0 unspecified atom stereocenters. The van der Waals surface area contributed by atoms with Crippen LogP contribution in [0.2, 0.25) is 0 Å². The predicted octanol–water partition coefficient (Wildman–Crippen LogP) is 4.02. The Morgan fingerprint density at radius 1 is 1.14 bits per heavy atom. The van der Waals surface area contributed by atoms with Gasteiger partial charge in [-0.05, 0) is 38.1 Å². The molecule has 0 atom stereocenters. The number of thiophene rings is 1. The van der Waals surface area contributed by atoms with Crippen molar-refractivity contribution in [2.24, 2.45) is 0 Å². The first-order chi connectivity index (χ1) is 14.1. The smallest absolute Gasteiger partial charge is 0.329 e. The van der Waals surface area contributed by atoms with Gasteiger partial charge in [0.1, 0.15) is 0 Å². The lowest BCUT2D eigenvalue weighted by atomic mass is 10.3. The normalized spacial score (nSPS) is 11.2. The number of hydrogen-bond acceptors (Lipinski definition) is 5. The number of amides is 1. The van der Waals surface area contributed by atoms with Gasteiger partial charge in [0.2, 0.25) is 5.91 Å². The first-order valence-electron chi connectivity index (χ1n) is 9.52. The van der Waals surface area contributed by atoms with Crippen molar-refractivity contribution in [1.29, 1.82) is 0 Å². The second kappa shape index (κ2) is 8.34. The molecule has 1 N–H and O–H groups in total. The Morgan fingerprint density at radius 2 is 1.90 bits per heavy atom. The number of para-hydroxylation sites is 2. The first-order valence-corrected chi connectivity index (χ1v) is 11.2. The summed E-state index contributed by atoms with van der Waals surface area (Å²) in [5.41, 5.74) is 2.70. The zero-order chi connectivity index (χ0) is 20.4. The van der Waals surface area contributed by atoms with Crippen molar-refractivity contribution in [1.82, 2.24) is 19.4 Å². The molecular formula is C21H22N4O2S2. The minimum absolute atomic E-state index is 0.0651. The fourth-order valence-electron chi connectivity index (χ4n) is 3.37. The number of carbonyl (C=O) groups excluding carboxylic acids is 1. The van der Waals surface area contributed by atoms with Crippen LogP contribution in [0.15, 0.2) is 46.6 Å². The maximum Gasteiger partial charge on any atom is 0.329 e. The van der Waals surface area contributed by atoms with Crippen LogP contribution in [0.1, 0.15) is 23.2 Å². The maximum atomic E-state index is 12.6. The van der Waals surface area contributed by atoms with Crippen molar-refractivity contribution < 1.29 is 4.79 Å². The number of aromatic nitrogens is 3. The predicted molar refractivity (Wildman–Crippen MR) is 118 cm³/mol. The number of carbonyl (C=O) groups is 1. The van der Waals surface area contributed by atoms with E-state index in [9.17, 15) is 9.59 Å². The summed E-state index contributed by atoms with van der Waals surface area (Å²) in [6.07, 6.45) is 0.265. The highest BCUT2D eigenvalue weighted by atomic mass is 32.1. The molecule has 6 nitrogen and oxygen atoms in total. The molecule has 1 aromatic carbocycles. The largest absolute Gasteiger partial charge is 0.351 e. The molecule has 3 heterocycles. The van der Waals surface area contributed by atoms with Crippen molar-refractivity contribution in [2.45, 2.75) is 39.9 Å². The van der Waals surface area contributed by atoms with Crippen LogP contribution in [-0.4, -0.2) is 20.0 Å². The van der Waals surface area contributed by atoms with Gasteiger partial charge in [0.05, 0.1) is 33.2 Å². The lowest BCUT2D eigenvalue weighted by molar-refractivity contribution is -0.121. The van der Waals surface area contributed by atoms with Crippen LogP contribution in [0, 0.1) is 6.92 Å². The van der Waals surface area contributed by atoms with E-state index < -0.39 is 0 Å². The van der Waals surface area contributed by atoms with Gasteiger partial charge >= 0.3 is 5.69 Å². The molecule has 29 heavy (non-hydrogen) atoms. The van der Waals surface area contributed by atoms with Crippen LogP contribution in [0.4, 0.5) is 0 Å². The number of imidazole rings is 1. The number of nitrogens with zero attached hydrogens (tertiary/aromatic N) is 3. The van der Waals surface area contributed by atoms with E-state index in [-0.39, 0.29) is 18.0 Å². The summed E-state index contributed by atoms with van der Waals surface area (Å²) in [5, 5.41) is 6.05. The Morgan fingerprint density at radius 3 is 2.59 bits per heavy atom. The van der Waals surface area contributed by atoms with Gasteiger partial charge in [-0.25, -0.2) is 9.78 Å². The number of thiazole rings is 1. The van der Waals surface area contributed by atoms with Crippen molar-refractivity contribution in [3.8, 4) is 10.6 Å². The van der Waals surface area contributed by atoms with Crippen molar-refractivity contribution in [3.63, 3.8) is 0 Å². The highest BCUT2D eigenvalue weighted by Gasteiger charge is 2.13. The Hall–Kier alpha value is -2.71. The quantitative estimate of drug-likeness (QED) is 0.485. The highest BCUT2D eigenvalue weighted by molar-refractivity contribution is 7.16. The number of aryl methyl sites for hydroxylation is 3. The summed E-state index contributed by atoms with van der Waals surface area (Å²) in [7, 11) is 0. The van der Waals surface area contributed by atoms with E-state index >= 15 is 0 Å². The van der Waals surface area contributed by atoms with Crippen LogP contribution in [0.3, 0.4) is 0 Å². The van der Waals surface area contributed by atoms with Gasteiger partial charge in [-0.15, -0.1) is 22.7 Å². The molecule has 0 aliphatic rings. The van der Waals surface area contributed by atoms with Crippen molar-refractivity contribution >= 4 is 39.6 Å². The molecule has 0 spiro atoms. The molecule has 3 aromatic heterocycles. The lowest BCUT2D eigenvalue weighted by Gasteiger charge is -2.05. The molecule has 0 bridgehead atoms. The van der Waals surface area contributed by atoms with Crippen LogP contribution in [-0.2, 0) is 24.4 Å². The zero-order valence-corrected chi connectivity index (χ0v) is 18.0. The summed E-state index contributed by atoms with van der Waals surface area (Å²) in [5.74, 6) is -0.0651. The third-order valence-electron chi connectivity index (χ3n) is 4.80. The molecule has 4 rings (SSSR count). The summed E-state index contributed by atoms with van der Waals surface area (Å²) < 4.78 is 3.42. The van der Waals surface area contributed by atoms with E-state index in [0.29, 0.717) is 19.6 Å². The topological polar surface area (TPSA) is 68.9 Å². The van der Waals surface area contributed by atoms with Gasteiger partial charge in [-0.1, -0.05) is 12.1 Å². The minimum atomic E-state index is -0.0667. The summed E-state index contributed by atoms with van der Waals surface area (Å²) in [6, 6.07) is 11.8. The number of fused-ring (bicyclic) bond motifs is 1. The lowest BCUT2D eigenvalue weighted by Crippen LogP contribution is -2.28. The van der Waals surface area contributed by atoms with E-state index in [2.05, 4.69) is 10.3 Å². The van der Waals surface area contributed by atoms with E-state index in [1.165, 1.54) is 0 Å². The monoisotopic (exact) mass is 426 g/mol. The number of nitrogens with one attached hydrogen (secondary N) is 1. The Balaban J connectivity index is 1.38. The summed E-state index contributed by atoms with van der Waals surface area (Å²) in [4.78, 5) is 31.7. The number of rotatable bonds is 7. The van der Waals surface area contributed by atoms with Crippen LogP contribution in [0.25, 0.3) is 21.6 Å². The van der Waals surface area contributed by atoms with E-state index in [1.807, 2.05) is 55.6 Å². The molecular weight excluding hydrogens is 404 g/mol. The van der Waals surface area contributed by atoms with Gasteiger partial charge in [0.15, 0.2) is 0 Å². The molecule has 0 saturated carbocycles. The van der Waals surface area contributed by atoms with E-state index in [4.69, 9.17) is 0 Å². The third kappa shape index (κ3) is 4.04. The summed E-state index contributed by atoms with van der Waals surface area (Å²) in [6.45, 7) is 5.40. The molecule has 0 saturated heterocycles. The van der Waals surface area contributed by atoms with E-state index in [1.54, 1.807) is 31.8 Å². The Bertz CT molecular complexity index is 1210. The zero-order valence-electron chi connectivity index (χ0n) is 16.3. The fraction of sp³-hybridized carbons (Fsp3) is 0.286. The maximum absolute atomic E-state index is 12.6. The van der Waals surface area contributed by atoms with Gasteiger partial charge in [-0.2, -0.15) is 0 Å². The molecule has 0 aliphatic heterocycles. The molecule has 0 radical (unpaired) electrons. The second-order valence-electron chi connectivity index (χ2n) is 6.71. The van der Waals surface area contributed by atoms with Gasteiger partial charge in [-0.3, -0.25) is 13.9 Å². The SMILES string of the molecule is CCn1c(=O)n(CCC(=O)NCc2ccc(-c3csc(C)n3)s2)c2ccccc21. The second-order valence-corrected chi connectivity index (χ2v) is 8.94. The number of hydrogen-bond donors (Lipinski definition) is 1. The third-order valence-corrected chi connectivity index (χ3v) is 6.68. The highest BCUT2D eigenvalue weighted by Crippen LogP contribution is 2.28. The van der Waals surface area contributed by atoms with Gasteiger partial charge in [0.25, 0.3) is 0 Å². The molecule has 1 amide bonds. The minimum Gasteiger partial charge on any atom is -0.351 e. The molecule has 4 aromatic rings. The Kier molecular flexibility index (Phi) is 5.64. The fourth-order valence-corrected chi connectivity index (χ4v) is 4.96. The summed E-state index contributed by atoms with van der Waals surface area (Å²) >= 11 is 3.27. The average Bonchev–Trinajstić information content (AvgIpc) is 3.42. The van der Waals surface area contributed by atoms with E-state index in [0.717, 1.165) is 31.5 Å². The standard InChI is InChI=1S/C21H22N4O2S2/c1-3-24-17-6-4-5-7-18(17)25(21(24)27)11-10-20(26)22-12-15-8-9-19(29-15)16-13-28-14(2)23-16/h4-9,13H,3,10-12H2,1-2H3,(H,22,26). The Labute approximate surface area is 176 Å². The van der Waals surface area contributed by atoms with Crippen LogP contribution >= 0.6 is 22.7 Å². The van der Waals surface area contributed by atoms with Crippen molar-refractivity contribution in [3.05, 3.63) is 62.1 Å². The molecule has 0 fully saturated rings. The average molecular weight is 427 g/mol. The van der Waals surface area contributed by atoms with Gasteiger partial charge in [0, 0.05) is 29.8 Å². The molecule has 0 aliphatic carbocycles. The van der Waals surface area contributed by atoms with Crippen LogP contribution in [0.5, 0.6) is 0 Å². The van der Waals surface area contributed by atoms with Gasteiger partial charge < -0.3 is 5.32 Å². The number of benzene rings is 1.